The van der Waals surface area contributed by atoms with Crippen molar-refractivity contribution in [3.8, 4) is 34.3 Å². The van der Waals surface area contributed by atoms with Crippen molar-refractivity contribution in [1.82, 2.24) is 0 Å². The molecule has 3 aliphatic heterocycles. The van der Waals surface area contributed by atoms with Crippen molar-refractivity contribution < 1.29 is 83.9 Å². The van der Waals surface area contributed by atoms with E-state index in [4.69, 9.17) is 32.8 Å². The summed E-state index contributed by atoms with van der Waals surface area (Å²) in [5.41, 5.74) is -1.05. The van der Waals surface area contributed by atoms with Gasteiger partial charge in [-0.15, -0.1) is 0 Å². The summed E-state index contributed by atoms with van der Waals surface area (Å²) in [6.45, 7) is 2.34. The summed E-state index contributed by atoms with van der Waals surface area (Å²) in [5.74, 6) is -1.84. The van der Waals surface area contributed by atoms with Crippen LogP contribution in [0.4, 0.5) is 0 Å². The molecule has 6 rings (SSSR count). The van der Waals surface area contributed by atoms with Crippen molar-refractivity contribution in [3.63, 3.8) is 0 Å². The summed E-state index contributed by atoms with van der Waals surface area (Å²) in [7, 11) is 0. The van der Waals surface area contributed by atoms with Gasteiger partial charge in [0.05, 0.1) is 18.8 Å². The molecule has 0 saturated carbocycles. The number of hydrogen-bond acceptors (Lipinski definition) is 18. The van der Waals surface area contributed by atoms with E-state index < -0.39 is 115 Å². The van der Waals surface area contributed by atoms with Crippen LogP contribution in [-0.4, -0.2) is 144 Å². The third-order valence-electron chi connectivity index (χ3n) is 8.86. The fraction of sp³-hybridized carbons (Fsp3) is 0.531. The zero-order valence-electron chi connectivity index (χ0n) is 26.5. The Balaban J connectivity index is 1.38. The fourth-order valence-corrected chi connectivity index (χ4v) is 5.89. The Hall–Kier alpha value is -3.63. The molecule has 14 unspecified atom stereocenters. The molecule has 0 bridgehead atoms. The molecule has 0 aliphatic carbocycles. The summed E-state index contributed by atoms with van der Waals surface area (Å²) in [4.78, 5) is 14.1. The first-order valence-electron chi connectivity index (χ1n) is 15.6. The first-order chi connectivity index (χ1) is 23.7. The third kappa shape index (κ3) is 6.73. The van der Waals surface area contributed by atoms with Gasteiger partial charge >= 0.3 is 0 Å². The number of aliphatic hydroxyl groups is 8. The smallest absolute Gasteiger partial charge is 0.239 e. The van der Waals surface area contributed by atoms with Gasteiger partial charge in [0.25, 0.3) is 0 Å². The standard InChI is InChI=1S/C32H38O18/c1-10-19(36)23(40)25(42)30(45-10)47-14-7-15(34)18-17(8-14)48-27(12-3-5-13(33)6-4-12)28(22(18)39)49-32-29(21(38)16(35)9-44-32)50-31-26(43)24(41)20(37)11(2)46-31/h3-8,10-11,16,19-21,23-26,29-38,40-43H,9H2,1-2H3. The minimum absolute atomic E-state index is 0.131. The SMILES string of the molecule is CC1OC(Oc2cc(O)c3c(=O)c(OC4OCC(O)C(O)C4OC4OC(C)C(O)C(O)C4O)c(-c4ccc(O)cc4)oc3c2)C(O)C(O)C1O. The predicted octanol–water partition coefficient (Wildman–Crippen LogP) is -2.25. The molecule has 274 valence electrons. The number of benzene rings is 2. The summed E-state index contributed by atoms with van der Waals surface area (Å²) >= 11 is 0. The Labute approximate surface area is 282 Å². The van der Waals surface area contributed by atoms with Gasteiger partial charge in [0.1, 0.15) is 77.0 Å². The van der Waals surface area contributed by atoms with Crippen molar-refractivity contribution in [3.05, 3.63) is 46.6 Å². The van der Waals surface area contributed by atoms with E-state index in [2.05, 4.69) is 0 Å². The monoisotopic (exact) mass is 710 g/mol. The van der Waals surface area contributed by atoms with Crippen LogP contribution >= 0.6 is 0 Å². The highest BCUT2D eigenvalue weighted by Gasteiger charge is 2.49. The topological polar surface area (TPSA) is 288 Å². The maximum Gasteiger partial charge on any atom is 0.239 e. The number of hydrogen-bond donors (Lipinski definition) is 10. The lowest BCUT2D eigenvalue weighted by Crippen LogP contribution is -2.62. The lowest BCUT2D eigenvalue weighted by atomic mass is 9.99. The first-order valence-corrected chi connectivity index (χ1v) is 15.6. The molecule has 1 aromatic heterocycles. The lowest BCUT2D eigenvalue weighted by Gasteiger charge is -2.43. The van der Waals surface area contributed by atoms with E-state index in [1.54, 1.807) is 0 Å². The van der Waals surface area contributed by atoms with E-state index in [0.29, 0.717) is 0 Å². The van der Waals surface area contributed by atoms with Crippen molar-refractivity contribution in [2.24, 2.45) is 0 Å². The highest BCUT2D eigenvalue weighted by Crippen LogP contribution is 2.39. The predicted molar refractivity (Wildman–Crippen MR) is 164 cm³/mol. The van der Waals surface area contributed by atoms with Gasteiger partial charge in [0.2, 0.25) is 23.8 Å². The summed E-state index contributed by atoms with van der Waals surface area (Å²) in [6, 6.07) is 7.52. The molecule has 2 aromatic carbocycles. The van der Waals surface area contributed by atoms with Crippen LogP contribution in [0.1, 0.15) is 13.8 Å². The molecule has 3 aromatic rings. The maximum absolute atomic E-state index is 14.1. The van der Waals surface area contributed by atoms with Crippen molar-refractivity contribution in [2.45, 2.75) is 99.9 Å². The van der Waals surface area contributed by atoms with Crippen LogP contribution in [-0.2, 0) is 18.9 Å². The van der Waals surface area contributed by atoms with Gasteiger partial charge in [0.15, 0.2) is 18.2 Å². The third-order valence-corrected chi connectivity index (χ3v) is 8.86. The van der Waals surface area contributed by atoms with Crippen LogP contribution in [0.25, 0.3) is 22.3 Å². The lowest BCUT2D eigenvalue weighted by molar-refractivity contribution is -0.344. The normalized spacial score (nSPS) is 37.8. The molecular formula is C32H38O18. The minimum atomic E-state index is -1.81. The maximum atomic E-state index is 14.1. The Kier molecular flexibility index (Phi) is 10.3. The second-order valence-electron chi connectivity index (χ2n) is 12.4. The van der Waals surface area contributed by atoms with Crippen molar-refractivity contribution in [2.75, 3.05) is 6.61 Å². The largest absolute Gasteiger partial charge is 0.508 e. The molecule has 18 nitrogen and oxygen atoms in total. The molecule has 3 fully saturated rings. The number of aliphatic hydroxyl groups excluding tert-OH is 8. The summed E-state index contributed by atoms with van der Waals surface area (Å²) in [5, 5.41) is 103. The van der Waals surface area contributed by atoms with Gasteiger partial charge in [-0.25, -0.2) is 0 Å². The molecule has 18 heteroatoms. The van der Waals surface area contributed by atoms with E-state index in [1.807, 2.05) is 0 Å². The Morgan fingerprint density at radius 2 is 1.30 bits per heavy atom. The van der Waals surface area contributed by atoms with Crippen LogP contribution in [0.15, 0.2) is 45.6 Å². The molecule has 0 amide bonds. The van der Waals surface area contributed by atoms with E-state index in [-0.39, 0.29) is 28.4 Å². The van der Waals surface area contributed by atoms with E-state index in [1.165, 1.54) is 44.2 Å². The average molecular weight is 711 g/mol. The average Bonchev–Trinajstić information content (AvgIpc) is 3.08. The number of fused-ring (bicyclic) bond motifs is 1. The quantitative estimate of drug-likeness (QED) is 0.124. The van der Waals surface area contributed by atoms with Crippen LogP contribution < -0.4 is 14.9 Å². The van der Waals surface area contributed by atoms with E-state index in [0.717, 1.165) is 6.07 Å². The van der Waals surface area contributed by atoms with Gasteiger partial charge in [-0.3, -0.25) is 4.79 Å². The fourth-order valence-electron chi connectivity index (χ4n) is 5.89. The number of rotatable bonds is 7. The highest BCUT2D eigenvalue weighted by atomic mass is 16.8. The molecule has 0 spiro atoms. The summed E-state index contributed by atoms with van der Waals surface area (Å²) < 4.78 is 39.9. The minimum Gasteiger partial charge on any atom is -0.508 e. The molecule has 14 atom stereocenters. The molecule has 50 heavy (non-hydrogen) atoms. The number of ether oxygens (including phenoxy) is 6. The van der Waals surface area contributed by atoms with Crippen LogP contribution in [0.3, 0.4) is 0 Å². The van der Waals surface area contributed by atoms with Crippen molar-refractivity contribution >= 4 is 11.0 Å². The first kappa shape index (κ1) is 36.2. The molecule has 3 saturated heterocycles. The van der Waals surface area contributed by atoms with Gasteiger partial charge in [-0.2, -0.15) is 0 Å². The zero-order chi connectivity index (χ0) is 36.2. The van der Waals surface area contributed by atoms with Crippen LogP contribution in [0.5, 0.6) is 23.0 Å². The molecule has 0 radical (unpaired) electrons. The Morgan fingerprint density at radius 1 is 0.700 bits per heavy atom. The Bertz CT molecular complexity index is 1710. The van der Waals surface area contributed by atoms with Gasteiger partial charge in [-0.05, 0) is 38.1 Å². The highest BCUT2D eigenvalue weighted by molar-refractivity contribution is 5.88. The van der Waals surface area contributed by atoms with E-state index in [9.17, 15) is 55.9 Å². The van der Waals surface area contributed by atoms with Crippen LogP contribution in [0.2, 0.25) is 0 Å². The van der Waals surface area contributed by atoms with Gasteiger partial charge in [-0.1, -0.05) is 0 Å². The zero-order valence-corrected chi connectivity index (χ0v) is 26.5. The number of aromatic hydroxyl groups is 2. The molecule has 3 aliphatic rings. The van der Waals surface area contributed by atoms with E-state index >= 15 is 0 Å². The summed E-state index contributed by atoms with van der Waals surface area (Å²) in [6.07, 6.45) is -21.5. The molecular weight excluding hydrogens is 672 g/mol. The number of phenolic OH excluding ortho intramolecular Hbond substituents is 2. The molecule has 10 N–H and O–H groups in total. The molecule has 4 heterocycles. The second-order valence-corrected chi connectivity index (χ2v) is 12.4. The van der Waals surface area contributed by atoms with Gasteiger partial charge < -0.3 is 83.9 Å². The second kappa shape index (κ2) is 14.2. The number of phenols is 2. The Morgan fingerprint density at radius 3 is 1.94 bits per heavy atom. The van der Waals surface area contributed by atoms with Crippen molar-refractivity contribution in [1.29, 1.82) is 0 Å². The van der Waals surface area contributed by atoms with Gasteiger partial charge in [0, 0.05) is 17.7 Å². The van der Waals surface area contributed by atoms with Crippen LogP contribution in [0, 0.1) is 0 Å².